The lowest BCUT2D eigenvalue weighted by molar-refractivity contribution is 0.0748. The van der Waals surface area contributed by atoms with Crippen LogP contribution in [0, 0.1) is 5.92 Å². The maximum absolute atomic E-state index is 12.4. The number of hydrogen-bond acceptors (Lipinski definition) is 4. The second-order valence-electron chi connectivity index (χ2n) is 5.12. The van der Waals surface area contributed by atoms with Crippen molar-refractivity contribution in [2.45, 2.75) is 5.92 Å². The molecule has 0 saturated carbocycles. The lowest BCUT2D eigenvalue weighted by atomic mass is 9.93. The van der Waals surface area contributed by atoms with E-state index in [4.69, 9.17) is 4.42 Å². The van der Waals surface area contributed by atoms with Gasteiger partial charge in [-0.05, 0) is 40.2 Å². The Morgan fingerprint density at radius 1 is 1.38 bits per heavy atom. The van der Waals surface area contributed by atoms with Crippen LogP contribution in [0.4, 0.5) is 0 Å². The van der Waals surface area contributed by atoms with E-state index in [2.05, 4.69) is 20.9 Å². The van der Waals surface area contributed by atoms with Crippen LogP contribution in [0.5, 0.6) is 0 Å². The molecular formula is C15H15BrN2O3. The number of amides is 1. The summed E-state index contributed by atoms with van der Waals surface area (Å²) in [5, 5.41) is 9.58. The monoisotopic (exact) mass is 350 g/mol. The summed E-state index contributed by atoms with van der Waals surface area (Å²) in [5.41, 5.74) is 0.910. The fraction of sp³-hybridized carbons (Fsp3) is 0.333. The highest BCUT2D eigenvalue weighted by atomic mass is 79.9. The molecule has 1 aliphatic rings. The summed E-state index contributed by atoms with van der Waals surface area (Å²) >= 11 is 3.20. The van der Waals surface area contributed by atoms with E-state index in [9.17, 15) is 9.90 Å². The summed E-state index contributed by atoms with van der Waals surface area (Å²) in [6.45, 7) is 1.08. The minimum absolute atomic E-state index is 0.00209. The Hall–Kier alpha value is -1.66. The maximum Gasteiger partial charge on any atom is 0.289 e. The summed E-state index contributed by atoms with van der Waals surface area (Å²) in [6, 6.07) is 9.06. The molecule has 1 N–H and O–H groups in total. The Kier molecular flexibility index (Phi) is 4.07. The number of aliphatic hydroxyl groups excluding tert-OH is 1. The number of likely N-dealkylation sites (tertiary alicyclic amines) is 1. The molecule has 1 fully saturated rings. The molecule has 3 heterocycles. The van der Waals surface area contributed by atoms with Crippen molar-refractivity contribution in [1.29, 1.82) is 0 Å². The number of carbonyl (C=O) groups excluding carboxylic acids is 1. The number of halogens is 1. The SMILES string of the molecule is O=C(c1ccc(Br)o1)N1CC(CO)C(c2ccccn2)C1. The number of carbonyl (C=O) groups is 1. The van der Waals surface area contributed by atoms with Gasteiger partial charge in [0.25, 0.3) is 5.91 Å². The van der Waals surface area contributed by atoms with Crippen LogP contribution < -0.4 is 0 Å². The first-order valence-corrected chi connectivity index (χ1v) is 7.54. The average Bonchev–Trinajstić information content (AvgIpc) is 3.13. The molecule has 6 heteroatoms. The largest absolute Gasteiger partial charge is 0.444 e. The average molecular weight is 351 g/mol. The van der Waals surface area contributed by atoms with Gasteiger partial charge in [-0.3, -0.25) is 9.78 Å². The molecular weight excluding hydrogens is 336 g/mol. The Morgan fingerprint density at radius 3 is 2.86 bits per heavy atom. The number of hydrogen-bond donors (Lipinski definition) is 1. The quantitative estimate of drug-likeness (QED) is 0.922. The zero-order valence-electron chi connectivity index (χ0n) is 11.3. The lowest BCUT2D eigenvalue weighted by Crippen LogP contribution is -2.28. The molecule has 0 radical (unpaired) electrons. The lowest BCUT2D eigenvalue weighted by Gasteiger charge is -2.14. The number of aromatic nitrogens is 1. The molecule has 0 bridgehead atoms. The first-order chi connectivity index (χ1) is 10.2. The van der Waals surface area contributed by atoms with Crippen molar-refractivity contribution in [1.82, 2.24) is 9.88 Å². The highest BCUT2D eigenvalue weighted by Crippen LogP contribution is 2.32. The Balaban J connectivity index is 1.79. The number of rotatable bonds is 3. The highest BCUT2D eigenvalue weighted by Gasteiger charge is 2.37. The minimum Gasteiger partial charge on any atom is -0.444 e. The van der Waals surface area contributed by atoms with E-state index >= 15 is 0 Å². The van der Waals surface area contributed by atoms with Crippen LogP contribution in [0.1, 0.15) is 22.2 Å². The van der Waals surface area contributed by atoms with Gasteiger partial charge in [-0.25, -0.2) is 0 Å². The molecule has 1 aliphatic heterocycles. The van der Waals surface area contributed by atoms with Crippen molar-refractivity contribution in [3.05, 3.63) is 52.7 Å². The van der Waals surface area contributed by atoms with Crippen molar-refractivity contribution in [3.8, 4) is 0 Å². The molecule has 5 nitrogen and oxygen atoms in total. The Morgan fingerprint density at radius 2 is 2.24 bits per heavy atom. The Labute approximate surface area is 130 Å². The fourth-order valence-electron chi connectivity index (χ4n) is 2.74. The van der Waals surface area contributed by atoms with Gasteiger partial charge in [0.1, 0.15) is 0 Å². The van der Waals surface area contributed by atoms with Crippen LogP contribution in [-0.4, -0.2) is 40.6 Å². The summed E-state index contributed by atoms with van der Waals surface area (Å²) in [4.78, 5) is 18.5. The fourth-order valence-corrected chi connectivity index (χ4v) is 3.04. The van der Waals surface area contributed by atoms with E-state index in [1.807, 2.05) is 18.2 Å². The second-order valence-corrected chi connectivity index (χ2v) is 5.90. The third-order valence-electron chi connectivity index (χ3n) is 3.81. The minimum atomic E-state index is -0.155. The first-order valence-electron chi connectivity index (χ1n) is 6.75. The topological polar surface area (TPSA) is 66.6 Å². The first kappa shape index (κ1) is 14.3. The molecule has 1 saturated heterocycles. The number of pyridine rings is 1. The zero-order chi connectivity index (χ0) is 14.8. The third kappa shape index (κ3) is 2.87. The van der Waals surface area contributed by atoms with E-state index in [0.29, 0.717) is 23.5 Å². The Bertz CT molecular complexity index is 629. The molecule has 21 heavy (non-hydrogen) atoms. The summed E-state index contributed by atoms with van der Waals surface area (Å²) in [6.07, 6.45) is 1.73. The van der Waals surface area contributed by atoms with Gasteiger partial charge in [-0.1, -0.05) is 6.07 Å². The molecule has 0 spiro atoms. The van der Waals surface area contributed by atoms with Crippen molar-refractivity contribution in [2.75, 3.05) is 19.7 Å². The summed E-state index contributed by atoms with van der Waals surface area (Å²) in [5.74, 6) is 0.207. The van der Waals surface area contributed by atoms with Crippen molar-refractivity contribution >= 4 is 21.8 Å². The maximum atomic E-state index is 12.4. The molecule has 2 aromatic rings. The third-order valence-corrected chi connectivity index (χ3v) is 4.24. The van der Waals surface area contributed by atoms with Crippen LogP contribution in [-0.2, 0) is 0 Å². The van der Waals surface area contributed by atoms with Gasteiger partial charge in [0.2, 0.25) is 0 Å². The highest BCUT2D eigenvalue weighted by molar-refractivity contribution is 9.10. The van der Waals surface area contributed by atoms with Gasteiger partial charge in [-0.15, -0.1) is 0 Å². The number of aliphatic hydroxyl groups is 1. The standard InChI is InChI=1S/C15H15BrN2O3/c16-14-5-4-13(21-14)15(20)18-7-10(9-19)11(8-18)12-3-1-2-6-17-12/h1-6,10-11,19H,7-9H2. The molecule has 0 aromatic carbocycles. The van der Waals surface area contributed by atoms with Crippen LogP contribution >= 0.6 is 15.9 Å². The van der Waals surface area contributed by atoms with Gasteiger partial charge in [0, 0.05) is 43.4 Å². The van der Waals surface area contributed by atoms with Crippen LogP contribution in [0.2, 0.25) is 0 Å². The molecule has 2 aromatic heterocycles. The van der Waals surface area contributed by atoms with E-state index in [1.54, 1.807) is 23.2 Å². The molecule has 2 atom stereocenters. The van der Waals surface area contributed by atoms with Gasteiger partial charge >= 0.3 is 0 Å². The van der Waals surface area contributed by atoms with Crippen LogP contribution in [0.15, 0.2) is 45.6 Å². The second kappa shape index (κ2) is 5.99. The van der Waals surface area contributed by atoms with Gasteiger partial charge < -0.3 is 14.4 Å². The molecule has 110 valence electrons. The van der Waals surface area contributed by atoms with E-state index < -0.39 is 0 Å². The predicted octanol–water partition coefficient (Wildman–Crippen LogP) is 2.29. The van der Waals surface area contributed by atoms with Crippen molar-refractivity contribution in [2.24, 2.45) is 5.92 Å². The van der Waals surface area contributed by atoms with Crippen LogP contribution in [0.25, 0.3) is 0 Å². The van der Waals surface area contributed by atoms with E-state index in [-0.39, 0.29) is 24.3 Å². The van der Waals surface area contributed by atoms with Crippen LogP contribution in [0.3, 0.4) is 0 Å². The molecule has 1 amide bonds. The molecule has 0 aliphatic carbocycles. The van der Waals surface area contributed by atoms with Crippen molar-refractivity contribution in [3.63, 3.8) is 0 Å². The van der Waals surface area contributed by atoms with E-state index in [1.165, 1.54) is 0 Å². The predicted molar refractivity (Wildman–Crippen MR) is 79.9 cm³/mol. The van der Waals surface area contributed by atoms with E-state index in [0.717, 1.165) is 5.69 Å². The summed E-state index contributed by atoms with van der Waals surface area (Å²) < 4.78 is 5.85. The van der Waals surface area contributed by atoms with Gasteiger partial charge in [-0.2, -0.15) is 0 Å². The number of nitrogens with zero attached hydrogens (tertiary/aromatic N) is 2. The summed E-state index contributed by atoms with van der Waals surface area (Å²) in [7, 11) is 0. The zero-order valence-corrected chi connectivity index (χ0v) is 12.9. The van der Waals surface area contributed by atoms with Crippen molar-refractivity contribution < 1.29 is 14.3 Å². The molecule has 2 unspecified atom stereocenters. The normalized spacial score (nSPS) is 21.7. The van der Waals surface area contributed by atoms with Gasteiger partial charge in [0.15, 0.2) is 10.4 Å². The molecule has 3 rings (SSSR count). The van der Waals surface area contributed by atoms with Gasteiger partial charge in [0.05, 0.1) is 0 Å². The number of furan rings is 1. The smallest absolute Gasteiger partial charge is 0.289 e.